The minimum atomic E-state index is -0.563. The van der Waals surface area contributed by atoms with E-state index in [1.54, 1.807) is 18.2 Å². The molecule has 0 aliphatic rings. The summed E-state index contributed by atoms with van der Waals surface area (Å²) in [6, 6.07) is 7.55. The van der Waals surface area contributed by atoms with Gasteiger partial charge in [-0.1, -0.05) is 19.9 Å². The molecule has 0 saturated carbocycles. The zero-order valence-electron chi connectivity index (χ0n) is 11.4. The summed E-state index contributed by atoms with van der Waals surface area (Å²) >= 11 is 0. The van der Waals surface area contributed by atoms with Gasteiger partial charge in [-0.25, -0.2) is 4.39 Å². The van der Waals surface area contributed by atoms with Gasteiger partial charge in [-0.2, -0.15) is 15.6 Å². The highest BCUT2D eigenvalue weighted by Crippen LogP contribution is 2.29. The molecular weight excluding hydrogens is 259 g/mol. The van der Waals surface area contributed by atoms with Crippen LogP contribution in [0.5, 0.6) is 5.75 Å². The summed E-state index contributed by atoms with van der Waals surface area (Å²) in [7, 11) is 0. The van der Waals surface area contributed by atoms with Crippen LogP contribution in [0.4, 0.5) is 10.1 Å². The summed E-state index contributed by atoms with van der Waals surface area (Å²) < 4.78 is 19.5. The summed E-state index contributed by atoms with van der Waals surface area (Å²) in [5.41, 5.74) is 2.01. The van der Waals surface area contributed by atoms with Crippen LogP contribution >= 0.6 is 0 Å². The molecule has 1 rings (SSSR count). The first-order chi connectivity index (χ1) is 9.65. The van der Waals surface area contributed by atoms with Crippen molar-refractivity contribution in [2.45, 2.75) is 32.8 Å². The molecule has 0 heterocycles. The van der Waals surface area contributed by atoms with Gasteiger partial charge in [0.25, 0.3) is 0 Å². The second-order valence-electron chi connectivity index (χ2n) is 3.97. The lowest BCUT2D eigenvalue weighted by atomic mass is 10.2. The molecule has 0 aromatic heterocycles. The van der Waals surface area contributed by atoms with Gasteiger partial charge in [-0.05, 0) is 25.0 Å². The van der Waals surface area contributed by atoms with Crippen molar-refractivity contribution in [1.82, 2.24) is 0 Å². The molecule has 1 N–H and O–H groups in total. The van der Waals surface area contributed by atoms with Gasteiger partial charge in [0.05, 0.1) is 6.10 Å². The lowest BCUT2D eigenvalue weighted by Gasteiger charge is -2.18. The summed E-state index contributed by atoms with van der Waals surface area (Å²) in [6.45, 7) is 3.95. The Hall–Kier alpha value is -2.60. The Morgan fingerprint density at radius 3 is 2.55 bits per heavy atom. The van der Waals surface area contributed by atoms with Crippen LogP contribution in [0.25, 0.3) is 0 Å². The molecule has 0 radical (unpaired) electrons. The highest BCUT2D eigenvalue weighted by molar-refractivity contribution is 6.10. The molecule has 1 aromatic rings. The lowest BCUT2D eigenvalue weighted by molar-refractivity contribution is 0.193. The first-order valence-corrected chi connectivity index (χ1v) is 6.25. The van der Waals surface area contributed by atoms with Crippen LogP contribution < -0.4 is 10.2 Å². The Kier molecular flexibility index (Phi) is 5.99. The van der Waals surface area contributed by atoms with E-state index in [2.05, 4.69) is 10.5 Å². The van der Waals surface area contributed by atoms with Crippen molar-refractivity contribution in [3.8, 4) is 17.9 Å². The van der Waals surface area contributed by atoms with Crippen molar-refractivity contribution < 1.29 is 9.13 Å². The molecule has 0 saturated heterocycles. The maximum Gasteiger partial charge on any atom is 0.237 e. The third-order valence-electron chi connectivity index (χ3n) is 2.67. The largest absolute Gasteiger partial charge is 0.488 e. The number of hydrazone groups is 1. The molecule has 0 amide bonds. The van der Waals surface area contributed by atoms with Crippen molar-refractivity contribution in [3.63, 3.8) is 0 Å². The summed E-state index contributed by atoms with van der Waals surface area (Å²) in [5, 5.41) is 20.7. The van der Waals surface area contributed by atoms with Gasteiger partial charge >= 0.3 is 0 Å². The van der Waals surface area contributed by atoms with E-state index in [1.807, 2.05) is 13.8 Å². The number of hydrogen-bond donors (Lipinski definition) is 1. The topological polar surface area (TPSA) is 81.2 Å². The number of benzene rings is 1. The number of hydrogen-bond acceptors (Lipinski definition) is 5. The molecule has 1 aromatic carbocycles. The molecule has 0 fully saturated rings. The Bertz CT molecular complexity index is 552. The van der Waals surface area contributed by atoms with E-state index in [4.69, 9.17) is 15.3 Å². The predicted molar refractivity (Wildman–Crippen MR) is 73.7 cm³/mol. The Balaban J connectivity index is 3.03. The van der Waals surface area contributed by atoms with E-state index >= 15 is 0 Å². The fraction of sp³-hybridized carbons (Fsp3) is 0.357. The Labute approximate surface area is 117 Å². The SMILES string of the molecule is CCC(CC)Oc1cccc(F)c1NN=C(C#N)C#N. The van der Waals surface area contributed by atoms with Crippen molar-refractivity contribution in [1.29, 1.82) is 10.5 Å². The third-order valence-corrected chi connectivity index (χ3v) is 2.67. The number of nitrogens with one attached hydrogen (secondary N) is 1. The summed E-state index contributed by atoms with van der Waals surface area (Å²) in [4.78, 5) is 0. The van der Waals surface area contributed by atoms with Crippen molar-refractivity contribution in [2.75, 3.05) is 5.43 Å². The molecule has 20 heavy (non-hydrogen) atoms. The lowest BCUT2D eigenvalue weighted by Crippen LogP contribution is -2.15. The van der Waals surface area contributed by atoms with Crippen LogP contribution in [0.15, 0.2) is 23.3 Å². The molecule has 0 aliphatic carbocycles. The number of anilines is 1. The van der Waals surface area contributed by atoms with E-state index < -0.39 is 5.82 Å². The molecule has 6 heteroatoms. The molecule has 0 spiro atoms. The van der Waals surface area contributed by atoms with Crippen LogP contribution in [0.3, 0.4) is 0 Å². The molecule has 0 unspecified atom stereocenters. The number of nitriles is 2. The fourth-order valence-electron chi connectivity index (χ4n) is 1.53. The average molecular weight is 274 g/mol. The summed E-state index contributed by atoms with van der Waals surface area (Å²) in [5.74, 6) is -0.259. The van der Waals surface area contributed by atoms with Crippen LogP contribution in [-0.2, 0) is 0 Å². The first-order valence-electron chi connectivity index (χ1n) is 6.25. The van der Waals surface area contributed by atoms with Gasteiger partial charge in [0, 0.05) is 0 Å². The molecule has 104 valence electrons. The predicted octanol–water partition coefficient (Wildman–Crippen LogP) is 3.21. The van der Waals surface area contributed by atoms with E-state index in [-0.39, 0.29) is 17.5 Å². The van der Waals surface area contributed by atoms with Gasteiger partial charge in [-0.15, -0.1) is 0 Å². The maximum absolute atomic E-state index is 13.8. The minimum absolute atomic E-state index is 0.0161. The highest BCUT2D eigenvalue weighted by atomic mass is 19.1. The van der Waals surface area contributed by atoms with Gasteiger partial charge in [0.2, 0.25) is 5.71 Å². The van der Waals surface area contributed by atoms with Crippen LogP contribution in [0.2, 0.25) is 0 Å². The van der Waals surface area contributed by atoms with Gasteiger partial charge in [0.15, 0.2) is 5.82 Å². The normalized spacial score (nSPS) is 9.50. The Morgan fingerprint density at radius 1 is 1.35 bits per heavy atom. The van der Waals surface area contributed by atoms with Crippen molar-refractivity contribution in [2.24, 2.45) is 5.10 Å². The van der Waals surface area contributed by atoms with Gasteiger partial charge < -0.3 is 4.74 Å². The van der Waals surface area contributed by atoms with Gasteiger partial charge in [-0.3, -0.25) is 5.43 Å². The quantitative estimate of drug-likeness (QED) is 0.638. The van der Waals surface area contributed by atoms with Crippen LogP contribution in [0, 0.1) is 28.5 Å². The van der Waals surface area contributed by atoms with E-state index in [1.165, 1.54) is 12.1 Å². The zero-order chi connectivity index (χ0) is 15.0. The average Bonchev–Trinajstić information content (AvgIpc) is 2.47. The molecule has 0 aliphatic heterocycles. The number of ether oxygens (including phenoxy) is 1. The fourth-order valence-corrected chi connectivity index (χ4v) is 1.53. The van der Waals surface area contributed by atoms with Crippen molar-refractivity contribution >= 4 is 11.4 Å². The smallest absolute Gasteiger partial charge is 0.237 e. The molecular formula is C14H15FN4O. The molecule has 0 atom stereocenters. The van der Waals surface area contributed by atoms with Crippen LogP contribution in [-0.4, -0.2) is 11.8 Å². The molecule has 0 bridgehead atoms. The monoisotopic (exact) mass is 274 g/mol. The standard InChI is InChI=1S/C14H15FN4O/c1-3-11(4-2)20-13-7-5-6-12(15)14(13)19-18-10(8-16)9-17/h5-7,11,19H,3-4H2,1-2H3. The molecule has 5 nitrogen and oxygen atoms in total. The van der Waals surface area contributed by atoms with E-state index in [0.717, 1.165) is 12.8 Å². The second-order valence-corrected chi connectivity index (χ2v) is 3.97. The number of nitrogens with zero attached hydrogens (tertiary/aromatic N) is 3. The minimum Gasteiger partial charge on any atom is -0.488 e. The second kappa shape index (κ2) is 7.75. The maximum atomic E-state index is 13.8. The van der Waals surface area contributed by atoms with E-state index in [0.29, 0.717) is 5.75 Å². The van der Waals surface area contributed by atoms with Crippen molar-refractivity contribution in [3.05, 3.63) is 24.0 Å². The first kappa shape index (κ1) is 15.5. The summed E-state index contributed by atoms with van der Waals surface area (Å²) in [6.07, 6.45) is 1.54. The number of halogens is 1. The Morgan fingerprint density at radius 2 is 2.00 bits per heavy atom. The van der Waals surface area contributed by atoms with Crippen LogP contribution in [0.1, 0.15) is 26.7 Å². The zero-order valence-corrected chi connectivity index (χ0v) is 11.4. The van der Waals surface area contributed by atoms with Gasteiger partial charge in [0.1, 0.15) is 23.6 Å². The number of para-hydroxylation sites is 1. The third kappa shape index (κ3) is 3.96. The van der Waals surface area contributed by atoms with E-state index in [9.17, 15) is 4.39 Å². The number of rotatable bonds is 6. The highest BCUT2D eigenvalue weighted by Gasteiger charge is 2.13.